The number of methoxy groups -OCH3 is 2. The van der Waals surface area contributed by atoms with Crippen LogP contribution >= 0.6 is 0 Å². The van der Waals surface area contributed by atoms with Crippen molar-refractivity contribution >= 4 is 17.5 Å². The van der Waals surface area contributed by atoms with Crippen molar-refractivity contribution in [3.63, 3.8) is 0 Å². The average molecular weight is 442 g/mol. The van der Waals surface area contributed by atoms with Gasteiger partial charge < -0.3 is 9.47 Å². The highest BCUT2D eigenvalue weighted by molar-refractivity contribution is 6.04. The highest BCUT2D eigenvalue weighted by atomic mass is 19.4. The maximum Gasteiger partial charge on any atom is 0.405 e. The largest absolute Gasteiger partial charge is 0.468 e. The summed E-state index contributed by atoms with van der Waals surface area (Å²) in [5.74, 6) is -1.81. The highest BCUT2D eigenvalue weighted by Gasteiger charge is 2.66. The standard InChI is InChI=1S/C25H21F3O4/c1-31-21(29)23(22(30)32-2)13-19-18(16-9-5-3-6-10-16)14-24(20(19)15-23,25(26,27)28)17-11-7-4-8-12-17/h3-12,14H,13,15H2,1-2H3. The van der Waals surface area contributed by atoms with Crippen molar-refractivity contribution in [1.29, 1.82) is 0 Å². The number of halogens is 3. The van der Waals surface area contributed by atoms with E-state index >= 15 is 0 Å². The van der Waals surface area contributed by atoms with Gasteiger partial charge in [0.05, 0.1) is 14.2 Å². The summed E-state index contributed by atoms with van der Waals surface area (Å²) in [5, 5.41) is 0. The van der Waals surface area contributed by atoms with Crippen molar-refractivity contribution in [2.75, 3.05) is 14.2 Å². The van der Waals surface area contributed by atoms with E-state index in [4.69, 9.17) is 9.47 Å². The van der Waals surface area contributed by atoms with Crippen LogP contribution in [0.15, 0.2) is 77.9 Å². The average Bonchev–Trinajstić information content (AvgIpc) is 3.35. The number of ether oxygens (including phenoxy) is 2. The van der Waals surface area contributed by atoms with E-state index in [0.29, 0.717) is 16.7 Å². The predicted octanol–water partition coefficient (Wildman–Crippen LogP) is 5.01. The molecule has 0 N–H and O–H groups in total. The number of rotatable bonds is 4. The first-order valence-corrected chi connectivity index (χ1v) is 10.0. The summed E-state index contributed by atoms with van der Waals surface area (Å²) in [7, 11) is 2.22. The van der Waals surface area contributed by atoms with Gasteiger partial charge in [-0.15, -0.1) is 0 Å². The summed E-state index contributed by atoms with van der Waals surface area (Å²) in [6.07, 6.45) is -4.16. The molecule has 0 aromatic heterocycles. The first kappa shape index (κ1) is 21.9. The van der Waals surface area contributed by atoms with Crippen LogP contribution in [0.25, 0.3) is 5.57 Å². The Morgan fingerprint density at radius 3 is 1.88 bits per heavy atom. The van der Waals surface area contributed by atoms with E-state index in [1.54, 1.807) is 48.5 Å². The van der Waals surface area contributed by atoms with E-state index in [9.17, 15) is 22.8 Å². The van der Waals surface area contributed by atoms with Crippen LogP contribution in [0.3, 0.4) is 0 Å². The summed E-state index contributed by atoms with van der Waals surface area (Å²) < 4.78 is 54.5. The summed E-state index contributed by atoms with van der Waals surface area (Å²) >= 11 is 0. The summed E-state index contributed by atoms with van der Waals surface area (Å²) in [6, 6.07) is 16.2. The topological polar surface area (TPSA) is 52.6 Å². The lowest BCUT2D eigenvalue weighted by Gasteiger charge is -2.35. The van der Waals surface area contributed by atoms with Crippen LogP contribution in [0, 0.1) is 5.41 Å². The molecule has 4 nitrogen and oxygen atoms in total. The molecule has 2 aromatic rings. The van der Waals surface area contributed by atoms with Gasteiger partial charge in [0.25, 0.3) is 0 Å². The first-order chi connectivity index (χ1) is 15.2. The Kier molecular flexibility index (Phi) is 5.23. The van der Waals surface area contributed by atoms with Gasteiger partial charge in [-0.3, -0.25) is 9.59 Å². The van der Waals surface area contributed by atoms with Crippen molar-refractivity contribution in [2.45, 2.75) is 24.4 Å². The third-order valence-electron chi connectivity index (χ3n) is 6.40. The van der Waals surface area contributed by atoms with Gasteiger partial charge in [-0.1, -0.05) is 66.7 Å². The van der Waals surface area contributed by atoms with Crippen LogP contribution in [0.2, 0.25) is 0 Å². The Morgan fingerprint density at radius 1 is 0.844 bits per heavy atom. The van der Waals surface area contributed by atoms with Crippen LogP contribution in [0.1, 0.15) is 24.0 Å². The quantitative estimate of drug-likeness (QED) is 0.494. The minimum Gasteiger partial charge on any atom is -0.468 e. The van der Waals surface area contributed by atoms with E-state index in [-0.39, 0.29) is 17.6 Å². The normalized spacial score (nSPS) is 21.7. The zero-order valence-corrected chi connectivity index (χ0v) is 17.5. The number of esters is 2. The SMILES string of the molecule is COC(=O)C1(C(=O)OC)CC2=C(C1)C(c1ccccc1)(C(F)(F)F)C=C2c1ccccc1. The molecular weight excluding hydrogens is 421 g/mol. The number of allylic oxidation sites excluding steroid dienone is 4. The Morgan fingerprint density at radius 2 is 1.38 bits per heavy atom. The molecule has 7 heteroatoms. The van der Waals surface area contributed by atoms with Crippen molar-refractivity contribution in [3.8, 4) is 0 Å². The van der Waals surface area contributed by atoms with Gasteiger partial charge in [0, 0.05) is 6.42 Å². The molecule has 0 amide bonds. The molecule has 2 aromatic carbocycles. The Hall–Kier alpha value is -3.35. The van der Waals surface area contributed by atoms with E-state index in [1.807, 2.05) is 0 Å². The third kappa shape index (κ3) is 2.98. The van der Waals surface area contributed by atoms with Crippen LogP contribution in [0.5, 0.6) is 0 Å². The first-order valence-electron chi connectivity index (χ1n) is 10.0. The zero-order valence-electron chi connectivity index (χ0n) is 17.5. The fraction of sp³-hybridized carbons (Fsp3) is 0.280. The van der Waals surface area contributed by atoms with Crippen molar-refractivity contribution in [3.05, 3.63) is 89.0 Å². The lowest BCUT2D eigenvalue weighted by atomic mass is 9.71. The summed E-state index contributed by atoms with van der Waals surface area (Å²) in [4.78, 5) is 25.5. The molecule has 1 atom stereocenters. The van der Waals surface area contributed by atoms with Gasteiger partial charge in [-0.2, -0.15) is 13.2 Å². The molecule has 0 saturated heterocycles. The number of carbonyl (C=O) groups is 2. The Balaban J connectivity index is 2.01. The van der Waals surface area contributed by atoms with Gasteiger partial charge >= 0.3 is 18.1 Å². The molecule has 2 aliphatic carbocycles. The monoisotopic (exact) mass is 442 g/mol. The van der Waals surface area contributed by atoms with Crippen LogP contribution in [0.4, 0.5) is 13.2 Å². The second-order valence-electron chi connectivity index (χ2n) is 7.97. The Labute approximate surface area is 183 Å². The molecule has 166 valence electrons. The van der Waals surface area contributed by atoms with Gasteiger partial charge in [0.1, 0.15) is 5.41 Å². The van der Waals surface area contributed by atoms with Crippen LogP contribution < -0.4 is 0 Å². The maximum atomic E-state index is 14.9. The third-order valence-corrected chi connectivity index (χ3v) is 6.40. The van der Waals surface area contributed by atoms with Gasteiger partial charge in [0.15, 0.2) is 5.41 Å². The number of carbonyl (C=O) groups excluding carboxylic acids is 2. The minimum atomic E-state index is -4.71. The predicted molar refractivity (Wildman–Crippen MR) is 111 cm³/mol. The molecule has 4 rings (SSSR count). The molecule has 0 heterocycles. The molecule has 0 fully saturated rings. The van der Waals surface area contributed by atoms with Crippen molar-refractivity contribution in [1.82, 2.24) is 0 Å². The molecule has 0 saturated carbocycles. The van der Waals surface area contributed by atoms with Crippen LogP contribution in [-0.4, -0.2) is 32.3 Å². The van der Waals surface area contributed by atoms with Crippen molar-refractivity contribution < 1.29 is 32.2 Å². The van der Waals surface area contributed by atoms with Gasteiger partial charge in [0.2, 0.25) is 0 Å². The smallest absolute Gasteiger partial charge is 0.405 e. The number of hydrogen-bond acceptors (Lipinski definition) is 4. The highest BCUT2D eigenvalue weighted by Crippen LogP contribution is 2.63. The fourth-order valence-electron chi connectivity index (χ4n) is 4.92. The molecular formula is C25H21F3O4. The zero-order chi connectivity index (χ0) is 23.1. The molecule has 2 aliphatic rings. The lowest BCUT2D eigenvalue weighted by Crippen LogP contribution is -2.45. The maximum absolute atomic E-state index is 14.9. The summed E-state index contributed by atoms with van der Waals surface area (Å²) in [5.41, 5.74) is -3.08. The Bertz CT molecular complexity index is 1100. The molecule has 32 heavy (non-hydrogen) atoms. The van der Waals surface area contributed by atoms with E-state index < -0.39 is 35.4 Å². The number of hydrogen-bond donors (Lipinski definition) is 0. The molecule has 0 aliphatic heterocycles. The molecule has 1 unspecified atom stereocenters. The van der Waals surface area contributed by atoms with E-state index in [1.165, 1.54) is 18.2 Å². The lowest BCUT2D eigenvalue weighted by molar-refractivity contribution is -0.173. The molecule has 0 bridgehead atoms. The summed E-state index contributed by atoms with van der Waals surface area (Å²) in [6.45, 7) is 0. The molecule has 0 radical (unpaired) electrons. The van der Waals surface area contributed by atoms with Gasteiger partial charge in [-0.05, 0) is 34.3 Å². The second-order valence-corrected chi connectivity index (χ2v) is 7.97. The number of alkyl halides is 3. The second kappa shape index (κ2) is 7.65. The van der Waals surface area contributed by atoms with Gasteiger partial charge in [-0.25, -0.2) is 0 Å². The van der Waals surface area contributed by atoms with E-state index in [0.717, 1.165) is 14.2 Å². The fourth-order valence-corrected chi connectivity index (χ4v) is 4.92. The molecule has 0 spiro atoms. The van der Waals surface area contributed by atoms with E-state index in [2.05, 4.69) is 0 Å². The number of benzene rings is 2. The minimum absolute atomic E-state index is 0.0224. The van der Waals surface area contributed by atoms with Crippen LogP contribution in [-0.2, 0) is 24.5 Å². The van der Waals surface area contributed by atoms with Crippen molar-refractivity contribution in [2.24, 2.45) is 5.41 Å².